The molecule has 0 bridgehead atoms. The predicted octanol–water partition coefficient (Wildman–Crippen LogP) is 3.69. The molecule has 0 radical (unpaired) electrons. The van der Waals surface area contributed by atoms with Crippen LogP contribution in [0.5, 0.6) is 0 Å². The van der Waals surface area contributed by atoms with E-state index in [1.165, 1.54) is 52.8 Å². The van der Waals surface area contributed by atoms with Crippen LogP contribution in [0, 0.1) is 5.82 Å². The highest BCUT2D eigenvalue weighted by molar-refractivity contribution is 7.92. The minimum atomic E-state index is -3.68. The molecule has 0 heterocycles. The van der Waals surface area contributed by atoms with Crippen molar-refractivity contribution in [1.29, 1.82) is 0 Å². The van der Waals surface area contributed by atoms with Crippen LogP contribution < -0.4 is 4.31 Å². The van der Waals surface area contributed by atoms with Gasteiger partial charge in [0, 0.05) is 11.6 Å². The Morgan fingerprint density at radius 3 is 2.10 bits per heavy atom. The molecular weight excluding hydrogens is 301 g/mol. The summed E-state index contributed by atoms with van der Waals surface area (Å²) in [4.78, 5) is 0.146. The minimum absolute atomic E-state index is 0.146. The summed E-state index contributed by atoms with van der Waals surface area (Å²) in [6, 6.07) is 11.3. The molecule has 0 aliphatic heterocycles. The summed E-state index contributed by atoms with van der Waals surface area (Å²) >= 11 is 5.76. The van der Waals surface area contributed by atoms with Gasteiger partial charge in [-0.2, -0.15) is 0 Å². The monoisotopic (exact) mass is 313 g/mol. The van der Waals surface area contributed by atoms with Crippen LogP contribution in [0.25, 0.3) is 0 Å². The van der Waals surface area contributed by atoms with Gasteiger partial charge in [0.15, 0.2) is 0 Å². The lowest BCUT2D eigenvalue weighted by Gasteiger charge is -2.22. The van der Waals surface area contributed by atoms with Gasteiger partial charge in [-0.1, -0.05) is 11.6 Å². The number of benzene rings is 2. The largest absolute Gasteiger partial charge is 0.267 e. The lowest BCUT2D eigenvalue weighted by Crippen LogP contribution is -2.30. The molecule has 0 N–H and O–H groups in total. The molecule has 0 unspecified atom stereocenters. The molecular formula is C14H13ClFNO2S. The zero-order valence-corrected chi connectivity index (χ0v) is 12.3. The number of nitrogens with zero attached hydrogens (tertiary/aromatic N) is 1. The molecule has 0 aliphatic rings. The number of sulfonamides is 1. The Kier molecular flexibility index (Phi) is 4.30. The molecule has 2 aromatic carbocycles. The normalized spacial score (nSPS) is 11.3. The quantitative estimate of drug-likeness (QED) is 0.863. The standard InChI is InChI=1S/C14H13ClFNO2S/c1-2-17(13-7-5-12(16)6-8-13)20(18,19)14-9-3-11(15)4-10-14/h3-10H,2H2,1H3. The Morgan fingerprint density at radius 2 is 1.60 bits per heavy atom. The van der Waals surface area contributed by atoms with E-state index in [4.69, 9.17) is 11.6 Å². The second kappa shape index (κ2) is 5.81. The van der Waals surface area contributed by atoms with E-state index in [0.29, 0.717) is 10.7 Å². The fourth-order valence-electron chi connectivity index (χ4n) is 1.83. The molecule has 20 heavy (non-hydrogen) atoms. The fraction of sp³-hybridized carbons (Fsp3) is 0.143. The van der Waals surface area contributed by atoms with Crippen LogP contribution in [0.4, 0.5) is 10.1 Å². The third-order valence-electron chi connectivity index (χ3n) is 2.80. The van der Waals surface area contributed by atoms with Gasteiger partial charge < -0.3 is 0 Å². The number of halogens is 2. The fourth-order valence-corrected chi connectivity index (χ4v) is 3.43. The zero-order chi connectivity index (χ0) is 14.8. The molecule has 0 aliphatic carbocycles. The Morgan fingerprint density at radius 1 is 1.05 bits per heavy atom. The number of hydrogen-bond donors (Lipinski definition) is 0. The first-order valence-corrected chi connectivity index (χ1v) is 7.81. The second-order valence-corrected chi connectivity index (χ2v) is 6.40. The highest BCUT2D eigenvalue weighted by atomic mass is 35.5. The molecule has 2 aromatic rings. The van der Waals surface area contributed by atoms with Crippen LogP contribution in [-0.4, -0.2) is 15.0 Å². The summed E-state index contributed by atoms with van der Waals surface area (Å²) in [6.45, 7) is 1.97. The van der Waals surface area contributed by atoms with Crippen molar-refractivity contribution in [3.05, 3.63) is 59.4 Å². The number of hydrogen-bond acceptors (Lipinski definition) is 2. The Balaban J connectivity index is 2.44. The van der Waals surface area contributed by atoms with Crippen LogP contribution in [0.3, 0.4) is 0 Å². The van der Waals surface area contributed by atoms with Crippen molar-refractivity contribution >= 4 is 27.3 Å². The molecule has 6 heteroatoms. The van der Waals surface area contributed by atoms with Crippen LogP contribution in [0.15, 0.2) is 53.4 Å². The molecule has 3 nitrogen and oxygen atoms in total. The maximum Gasteiger partial charge on any atom is 0.264 e. The van der Waals surface area contributed by atoms with E-state index in [0.717, 1.165) is 0 Å². The lowest BCUT2D eigenvalue weighted by atomic mass is 10.3. The highest BCUT2D eigenvalue weighted by Gasteiger charge is 2.23. The first kappa shape index (κ1) is 14.8. The van der Waals surface area contributed by atoms with E-state index in [9.17, 15) is 12.8 Å². The van der Waals surface area contributed by atoms with Crippen LogP contribution in [-0.2, 0) is 10.0 Å². The van der Waals surface area contributed by atoms with E-state index in [1.807, 2.05) is 0 Å². The Bertz CT molecular complexity index is 684. The van der Waals surface area contributed by atoms with Gasteiger partial charge in [-0.05, 0) is 55.5 Å². The molecule has 0 aromatic heterocycles. The molecule has 0 saturated carbocycles. The van der Waals surface area contributed by atoms with E-state index in [-0.39, 0.29) is 11.4 Å². The highest BCUT2D eigenvalue weighted by Crippen LogP contribution is 2.24. The van der Waals surface area contributed by atoms with Gasteiger partial charge in [-0.25, -0.2) is 12.8 Å². The average molecular weight is 314 g/mol. The van der Waals surface area contributed by atoms with E-state index in [1.54, 1.807) is 6.92 Å². The molecule has 0 fully saturated rings. The van der Waals surface area contributed by atoms with Crippen molar-refractivity contribution in [1.82, 2.24) is 0 Å². The maximum absolute atomic E-state index is 12.9. The first-order valence-electron chi connectivity index (χ1n) is 5.99. The Labute approximate surface area is 122 Å². The lowest BCUT2D eigenvalue weighted by molar-refractivity contribution is 0.591. The van der Waals surface area contributed by atoms with Crippen molar-refractivity contribution in [2.75, 3.05) is 10.8 Å². The molecule has 0 atom stereocenters. The molecule has 106 valence electrons. The summed E-state index contributed by atoms with van der Waals surface area (Å²) in [5.41, 5.74) is 0.420. The number of rotatable bonds is 4. The topological polar surface area (TPSA) is 37.4 Å². The molecule has 0 saturated heterocycles. The SMILES string of the molecule is CCN(c1ccc(F)cc1)S(=O)(=O)c1ccc(Cl)cc1. The molecule has 2 rings (SSSR count). The summed E-state index contributed by atoms with van der Waals surface area (Å²) in [5.74, 6) is -0.409. The first-order chi connectivity index (χ1) is 9.45. The summed E-state index contributed by atoms with van der Waals surface area (Å²) in [7, 11) is -3.68. The van der Waals surface area contributed by atoms with E-state index >= 15 is 0 Å². The van der Waals surface area contributed by atoms with Crippen molar-refractivity contribution in [3.63, 3.8) is 0 Å². The van der Waals surface area contributed by atoms with Crippen LogP contribution in [0.2, 0.25) is 5.02 Å². The van der Waals surface area contributed by atoms with Gasteiger partial charge in [-0.3, -0.25) is 4.31 Å². The van der Waals surface area contributed by atoms with Gasteiger partial charge in [0.2, 0.25) is 0 Å². The Hall–Kier alpha value is -1.59. The van der Waals surface area contributed by atoms with Crippen LogP contribution in [0.1, 0.15) is 6.92 Å². The van der Waals surface area contributed by atoms with E-state index in [2.05, 4.69) is 0 Å². The van der Waals surface area contributed by atoms with E-state index < -0.39 is 15.8 Å². The third-order valence-corrected chi connectivity index (χ3v) is 4.97. The predicted molar refractivity (Wildman–Crippen MR) is 78.1 cm³/mol. The summed E-state index contributed by atoms with van der Waals surface area (Å²) in [6.07, 6.45) is 0. The zero-order valence-electron chi connectivity index (χ0n) is 10.8. The van der Waals surface area contributed by atoms with Crippen molar-refractivity contribution in [2.24, 2.45) is 0 Å². The van der Waals surface area contributed by atoms with Crippen molar-refractivity contribution in [2.45, 2.75) is 11.8 Å². The van der Waals surface area contributed by atoms with Gasteiger partial charge in [0.1, 0.15) is 5.82 Å². The van der Waals surface area contributed by atoms with Crippen molar-refractivity contribution in [3.8, 4) is 0 Å². The van der Waals surface area contributed by atoms with Gasteiger partial charge >= 0.3 is 0 Å². The average Bonchev–Trinajstić information content (AvgIpc) is 2.42. The summed E-state index contributed by atoms with van der Waals surface area (Å²) < 4.78 is 39.3. The minimum Gasteiger partial charge on any atom is -0.267 e. The molecule has 0 amide bonds. The van der Waals surface area contributed by atoms with Gasteiger partial charge in [0.25, 0.3) is 10.0 Å². The van der Waals surface area contributed by atoms with Gasteiger partial charge in [0.05, 0.1) is 10.6 Å². The molecule has 0 spiro atoms. The third kappa shape index (κ3) is 2.94. The smallest absolute Gasteiger partial charge is 0.264 e. The summed E-state index contributed by atoms with van der Waals surface area (Å²) in [5, 5.41) is 0.466. The second-order valence-electron chi connectivity index (χ2n) is 4.10. The maximum atomic E-state index is 12.9. The van der Waals surface area contributed by atoms with Crippen molar-refractivity contribution < 1.29 is 12.8 Å². The van der Waals surface area contributed by atoms with Crippen LogP contribution >= 0.6 is 11.6 Å². The number of anilines is 1. The van der Waals surface area contributed by atoms with Gasteiger partial charge in [-0.15, -0.1) is 0 Å².